The smallest absolute Gasteiger partial charge is 0.0463 e. The molecule has 5 aromatic carbocycles. The van der Waals surface area contributed by atoms with Gasteiger partial charge < -0.3 is 9.80 Å². The van der Waals surface area contributed by atoms with Gasteiger partial charge in [0.25, 0.3) is 0 Å². The summed E-state index contributed by atoms with van der Waals surface area (Å²) >= 11 is 0. The highest BCUT2D eigenvalue weighted by atomic mass is 15.2. The van der Waals surface area contributed by atoms with Crippen molar-refractivity contribution in [3.05, 3.63) is 144 Å². The zero-order valence-electron chi connectivity index (χ0n) is 27.4. The van der Waals surface area contributed by atoms with E-state index in [1.807, 2.05) is 41.5 Å². The van der Waals surface area contributed by atoms with Crippen LogP contribution in [0.25, 0.3) is 0 Å². The molecule has 0 fully saturated rings. The van der Waals surface area contributed by atoms with E-state index in [4.69, 9.17) is 0 Å². The first-order valence-electron chi connectivity index (χ1n) is 15.4. The summed E-state index contributed by atoms with van der Waals surface area (Å²) < 4.78 is 0. The molecule has 0 aromatic heterocycles. The van der Waals surface area contributed by atoms with Crippen LogP contribution >= 0.6 is 0 Å². The summed E-state index contributed by atoms with van der Waals surface area (Å²) in [4.78, 5) is 4.62. The highest BCUT2D eigenvalue weighted by Crippen LogP contribution is 2.39. The van der Waals surface area contributed by atoms with Gasteiger partial charge in [-0.15, -0.1) is 0 Å². The van der Waals surface area contributed by atoms with Crippen LogP contribution in [0.15, 0.2) is 121 Å². The van der Waals surface area contributed by atoms with Crippen molar-refractivity contribution in [3.63, 3.8) is 0 Å². The third-order valence-electron chi connectivity index (χ3n) is 6.53. The molecule has 0 aliphatic heterocycles. The Morgan fingerprint density at radius 3 is 0.500 bits per heavy atom. The number of benzene rings is 5. The quantitative estimate of drug-likeness (QED) is 0.204. The van der Waals surface area contributed by atoms with Gasteiger partial charge in [0.15, 0.2) is 0 Å². The highest BCUT2D eigenvalue weighted by Gasteiger charge is 2.16. The minimum Gasteiger partial charge on any atom is -0.311 e. The lowest BCUT2D eigenvalue weighted by molar-refractivity contribution is 1.24. The van der Waals surface area contributed by atoms with Crippen molar-refractivity contribution in [2.24, 2.45) is 0 Å². The van der Waals surface area contributed by atoms with Gasteiger partial charge in [-0.3, -0.25) is 0 Å². The number of anilines is 6. The van der Waals surface area contributed by atoms with Gasteiger partial charge in [-0.2, -0.15) is 0 Å². The highest BCUT2D eigenvalue weighted by molar-refractivity contribution is 5.81. The first-order valence-corrected chi connectivity index (χ1v) is 15.4. The molecule has 0 N–H and O–H groups in total. The fraction of sp³-hybridized carbons (Fsp3) is 0.250. The topological polar surface area (TPSA) is 6.48 Å². The summed E-state index contributed by atoms with van der Waals surface area (Å²) in [5.74, 6) is 0. The third-order valence-corrected chi connectivity index (χ3v) is 6.53. The molecular weight excluding hydrogens is 508 g/mol. The van der Waals surface area contributed by atoms with Gasteiger partial charge in [0, 0.05) is 34.1 Å². The molecule has 0 atom stereocenters. The van der Waals surface area contributed by atoms with E-state index in [2.05, 4.69) is 159 Å². The number of nitrogens with zero attached hydrogens (tertiary/aromatic N) is 2. The monoisotopic (exact) mass is 558 g/mol. The molecule has 0 unspecified atom stereocenters. The summed E-state index contributed by atoms with van der Waals surface area (Å²) in [6.45, 7) is 20.5. The molecule has 2 heteroatoms. The van der Waals surface area contributed by atoms with Gasteiger partial charge in [0.05, 0.1) is 0 Å². The molecule has 0 spiro atoms. The number of hydrogen-bond donors (Lipinski definition) is 0. The Morgan fingerprint density at radius 2 is 0.357 bits per heavy atom. The van der Waals surface area contributed by atoms with Crippen molar-refractivity contribution in [2.75, 3.05) is 9.80 Å². The maximum absolute atomic E-state index is 2.31. The van der Waals surface area contributed by atoms with Crippen LogP contribution in [0.1, 0.15) is 63.8 Å². The Labute approximate surface area is 256 Å². The lowest BCUT2D eigenvalue weighted by Crippen LogP contribution is -2.12. The van der Waals surface area contributed by atoms with Crippen molar-refractivity contribution >= 4 is 34.1 Å². The molecule has 220 valence electrons. The van der Waals surface area contributed by atoms with Crippen LogP contribution in [0, 0.1) is 27.7 Å². The summed E-state index contributed by atoms with van der Waals surface area (Å²) in [5.41, 5.74) is 11.8. The average Bonchev–Trinajstić information content (AvgIpc) is 3.05. The van der Waals surface area contributed by atoms with Crippen LogP contribution in [0.5, 0.6) is 0 Å². The van der Waals surface area contributed by atoms with Crippen LogP contribution in [-0.4, -0.2) is 0 Å². The van der Waals surface area contributed by atoms with E-state index in [1.54, 1.807) is 0 Å². The molecule has 2 nitrogen and oxygen atoms in total. The predicted octanol–water partition coefficient (Wildman–Crippen LogP) is 12.9. The Morgan fingerprint density at radius 1 is 0.238 bits per heavy atom. The van der Waals surface area contributed by atoms with E-state index in [1.165, 1.54) is 22.3 Å². The number of hydrogen-bond acceptors (Lipinski definition) is 2. The van der Waals surface area contributed by atoms with Crippen molar-refractivity contribution in [1.82, 2.24) is 0 Å². The molecule has 0 amide bonds. The van der Waals surface area contributed by atoms with Crippen LogP contribution in [-0.2, 0) is 0 Å². The lowest BCUT2D eigenvalue weighted by atomic mass is 10.1. The van der Waals surface area contributed by atoms with Crippen LogP contribution in [0.4, 0.5) is 34.1 Å². The van der Waals surface area contributed by atoms with Gasteiger partial charge in [0.2, 0.25) is 0 Å². The fourth-order valence-corrected chi connectivity index (χ4v) is 4.42. The SMILES string of the molecule is CC.CC.CC.Cc1ccc(N(c2ccc(C)cc2)c2ccc(N(c3ccc(C)cc3)c3ccc(C)cc3)cc2)cc1. The molecule has 0 aliphatic carbocycles. The van der Waals surface area contributed by atoms with E-state index >= 15 is 0 Å². The summed E-state index contributed by atoms with van der Waals surface area (Å²) in [6, 6.07) is 43.7. The van der Waals surface area contributed by atoms with Crippen molar-refractivity contribution in [2.45, 2.75) is 69.2 Å². The van der Waals surface area contributed by atoms with Crippen molar-refractivity contribution in [3.8, 4) is 0 Å². The van der Waals surface area contributed by atoms with Gasteiger partial charge >= 0.3 is 0 Å². The van der Waals surface area contributed by atoms with Gasteiger partial charge in [-0.25, -0.2) is 0 Å². The molecule has 0 radical (unpaired) electrons. The van der Waals surface area contributed by atoms with E-state index in [0.29, 0.717) is 0 Å². The first kappa shape index (κ1) is 33.9. The van der Waals surface area contributed by atoms with Gasteiger partial charge in [0.1, 0.15) is 0 Å². The molecule has 0 heterocycles. The Bertz CT molecular complexity index is 1210. The number of aryl methyl sites for hydroxylation is 4. The summed E-state index contributed by atoms with van der Waals surface area (Å²) in [7, 11) is 0. The minimum atomic E-state index is 1.12. The molecule has 42 heavy (non-hydrogen) atoms. The molecule has 0 aliphatic rings. The van der Waals surface area contributed by atoms with E-state index in [9.17, 15) is 0 Å². The maximum Gasteiger partial charge on any atom is 0.0463 e. The average molecular weight is 559 g/mol. The summed E-state index contributed by atoms with van der Waals surface area (Å²) in [6.07, 6.45) is 0. The second kappa shape index (κ2) is 17.5. The Hall–Kier alpha value is -4.30. The van der Waals surface area contributed by atoms with Crippen LogP contribution in [0.3, 0.4) is 0 Å². The summed E-state index contributed by atoms with van der Waals surface area (Å²) in [5, 5.41) is 0. The second-order valence-corrected chi connectivity index (χ2v) is 9.53. The molecule has 5 rings (SSSR count). The molecule has 0 saturated heterocycles. The standard InChI is InChI=1S/C34H32N2.3C2H6/c1-25-5-13-29(14-6-25)35(30-15-7-26(2)8-16-30)33-21-23-34(24-22-33)36(31-17-9-27(3)10-18-31)32-19-11-28(4)12-20-32;3*1-2/h5-24H,1-4H3;3*1-2H3. The normalized spacial score (nSPS) is 9.67. The van der Waals surface area contributed by atoms with Crippen LogP contribution < -0.4 is 9.80 Å². The Kier molecular flexibility index (Phi) is 14.1. The fourth-order valence-electron chi connectivity index (χ4n) is 4.42. The minimum absolute atomic E-state index is 1.12. The molecule has 5 aromatic rings. The Balaban J connectivity index is 0.000000966. The zero-order valence-corrected chi connectivity index (χ0v) is 27.4. The molecular formula is C40H50N2. The molecule has 0 bridgehead atoms. The van der Waals surface area contributed by atoms with E-state index in [0.717, 1.165) is 34.1 Å². The van der Waals surface area contributed by atoms with E-state index in [-0.39, 0.29) is 0 Å². The zero-order chi connectivity index (χ0) is 31.1. The first-order chi connectivity index (χ1) is 20.5. The van der Waals surface area contributed by atoms with Crippen molar-refractivity contribution < 1.29 is 0 Å². The van der Waals surface area contributed by atoms with Gasteiger partial charge in [-0.1, -0.05) is 112 Å². The van der Waals surface area contributed by atoms with Crippen molar-refractivity contribution in [1.29, 1.82) is 0 Å². The van der Waals surface area contributed by atoms with Crippen LogP contribution in [0.2, 0.25) is 0 Å². The third kappa shape index (κ3) is 8.85. The predicted molar refractivity (Wildman–Crippen MR) is 189 cm³/mol. The largest absolute Gasteiger partial charge is 0.311 e. The lowest BCUT2D eigenvalue weighted by Gasteiger charge is -2.28. The number of rotatable bonds is 6. The second-order valence-electron chi connectivity index (χ2n) is 9.53. The maximum atomic E-state index is 2.31. The van der Waals surface area contributed by atoms with E-state index < -0.39 is 0 Å². The van der Waals surface area contributed by atoms with Gasteiger partial charge in [-0.05, 0) is 100 Å². The molecule has 0 saturated carbocycles.